The summed E-state index contributed by atoms with van der Waals surface area (Å²) < 4.78 is 0. The van der Waals surface area contributed by atoms with E-state index in [1.54, 1.807) is 30.3 Å². The number of aliphatic carboxylic acids is 1. The van der Waals surface area contributed by atoms with E-state index in [0.717, 1.165) is 5.56 Å². The first kappa shape index (κ1) is 14.0. The zero-order valence-electron chi connectivity index (χ0n) is 9.95. The van der Waals surface area contributed by atoms with Crippen molar-refractivity contribution in [2.45, 2.75) is 6.04 Å². The quantitative estimate of drug-likeness (QED) is 0.870. The van der Waals surface area contributed by atoms with E-state index in [-0.39, 0.29) is 5.91 Å². The van der Waals surface area contributed by atoms with Gasteiger partial charge in [0.05, 0.1) is 5.88 Å². The first-order valence-corrected chi connectivity index (χ1v) is 7.16. The largest absolute Gasteiger partial charge is 0.480 e. The molecule has 1 aromatic rings. The van der Waals surface area contributed by atoms with E-state index in [0.29, 0.717) is 16.7 Å². The molecule has 1 amide bonds. The molecule has 1 heterocycles. The topological polar surface area (TPSA) is 57.6 Å². The van der Waals surface area contributed by atoms with Crippen LogP contribution in [0.1, 0.15) is 5.56 Å². The van der Waals surface area contributed by atoms with Crippen LogP contribution in [-0.4, -0.2) is 39.6 Å². The molecular weight excluding hydrogens is 286 g/mol. The van der Waals surface area contributed by atoms with Gasteiger partial charge in [-0.05, 0) is 23.8 Å². The zero-order valence-corrected chi connectivity index (χ0v) is 11.5. The Morgan fingerprint density at radius 2 is 2.05 bits per heavy atom. The summed E-state index contributed by atoms with van der Waals surface area (Å²) in [7, 11) is 0. The third-order valence-corrected chi connectivity index (χ3v) is 4.00. The third-order valence-electron chi connectivity index (χ3n) is 2.74. The van der Waals surface area contributed by atoms with Crippen molar-refractivity contribution in [2.24, 2.45) is 0 Å². The number of carbonyl (C=O) groups is 2. The van der Waals surface area contributed by atoms with Crippen LogP contribution in [0.25, 0.3) is 6.08 Å². The summed E-state index contributed by atoms with van der Waals surface area (Å²) in [6.45, 7) is 0. The first-order chi connectivity index (χ1) is 9.08. The second-order valence-electron chi connectivity index (χ2n) is 4.05. The molecule has 2 rings (SSSR count). The molecule has 19 heavy (non-hydrogen) atoms. The van der Waals surface area contributed by atoms with E-state index in [2.05, 4.69) is 0 Å². The monoisotopic (exact) mass is 297 g/mol. The summed E-state index contributed by atoms with van der Waals surface area (Å²) in [4.78, 5) is 24.3. The van der Waals surface area contributed by atoms with Gasteiger partial charge < -0.3 is 10.0 Å². The number of carboxylic acid groups (broad SMARTS) is 1. The van der Waals surface area contributed by atoms with Crippen LogP contribution < -0.4 is 0 Å². The Morgan fingerprint density at radius 3 is 2.68 bits per heavy atom. The molecule has 1 aromatic carbocycles. The SMILES string of the molecule is O=C(O)C1CSCN1C(=O)/C=C/c1ccc(Cl)cc1. The van der Waals surface area contributed by atoms with Crippen LogP contribution in [0.15, 0.2) is 30.3 Å². The Morgan fingerprint density at radius 1 is 1.37 bits per heavy atom. The molecule has 1 fully saturated rings. The van der Waals surface area contributed by atoms with Crippen molar-refractivity contribution in [1.29, 1.82) is 0 Å². The number of hydrogen-bond acceptors (Lipinski definition) is 3. The normalized spacial score (nSPS) is 19.0. The van der Waals surface area contributed by atoms with Gasteiger partial charge in [0.2, 0.25) is 5.91 Å². The minimum absolute atomic E-state index is 0.285. The fraction of sp³-hybridized carbons (Fsp3) is 0.231. The molecule has 0 bridgehead atoms. The Labute approximate surface area is 120 Å². The Balaban J connectivity index is 2.04. The number of thioether (sulfide) groups is 1. The molecular formula is C13H12ClNO3S. The second kappa shape index (κ2) is 6.12. The van der Waals surface area contributed by atoms with Gasteiger partial charge in [-0.2, -0.15) is 0 Å². The lowest BCUT2D eigenvalue weighted by Crippen LogP contribution is -2.40. The van der Waals surface area contributed by atoms with Gasteiger partial charge in [0.25, 0.3) is 0 Å². The highest BCUT2D eigenvalue weighted by molar-refractivity contribution is 7.99. The maximum absolute atomic E-state index is 11.9. The van der Waals surface area contributed by atoms with E-state index in [1.807, 2.05) is 0 Å². The molecule has 0 spiro atoms. The number of carbonyl (C=O) groups excluding carboxylic acids is 1. The summed E-state index contributed by atoms with van der Waals surface area (Å²) in [5, 5.41) is 9.63. The van der Waals surface area contributed by atoms with Gasteiger partial charge >= 0.3 is 5.97 Å². The van der Waals surface area contributed by atoms with E-state index < -0.39 is 12.0 Å². The van der Waals surface area contributed by atoms with Gasteiger partial charge in [-0.3, -0.25) is 4.79 Å². The molecule has 1 aliphatic rings. The van der Waals surface area contributed by atoms with Crippen molar-refractivity contribution in [3.8, 4) is 0 Å². The van der Waals surface area contributed by atoms with E-state index in [4.69, 9.17) is 16.7 Å². The third kappa shape index (κ3) is 3.52. The maximum Gasteiger partial charge on any atom is 0.327 e. The molecule has 0 aromatic heterocycles. The van der Waals surface area contributed by atoms with Crippen molar-refractivity contribution in [1.82, 2.24) is 4.90 Å². The van der Waals surface area contributed by atoms with Crippen LogP contribution in [0.4, 0.5) is 0 Å². The number of benzene rings is 1. The van der Waals surface area contributed by atoms with Gasteiger partial charge in [0.15, 0.2) is 0 Å². The highest BCUT2D eigenvalue weighted by Crippen LogP contribution is 2.21. The number of nitrogens with zero attached hydrogens (tertiary/aromatic N) is 1. The summed E-state index contributed by atoms with van der Waals surface area (Å²) >= 11 is 7.21. The molecule has 1 aliphatic heterocycles. The Bertz CT molecular complexity index is 515. The fourth-order valence-electron chi connectivity index (χ4n) is 1.70. The average Bonchev–Trinajstić information content (AvgIpc) is 2.87. The van der Waals surface area contributed by atoms with Gasteiger partial charge in [-0.1, -0.05) is 23.7 Å². The lowest BCUT2D eigenvalue weighted by Gasteiger charge is -2.18. The molecule has 1 N–H and O–H groups in total. The van der Waals surface area contributed by atoms with Crippen molar-refractivity contribution >= 4 is 41.3 Å². The summed E-state index contributed by atoms with van der Waals surface area (Å²) in [5.41, 5.74) is 0.844. The molecule has 1 atom stereocenters. The summed E-state index contributed by atoms with van der Waals surface area (Å²) in [5.74, 6) is -0.387. The number of halogens is 1. The average molecular weight is 298 g/mol. The van der Waals surface area contributed by atoms with Crippen LogP contribution in [0.5, 0.6) is 0 Å². The molecule has 0 saturated carbocycles. The Kier molecular flexibility index (Phi) is 4.50. The smallest absolute Gasteiger partial charge is 0.327 e. The molecule has 1 unspecified atom stereocenters. The zero-order chi connectivity index (χ0) is 13.8. The van der Waals surface area contributed by atoms with E-state index >= 15 is 0 Å². The van der Waals surface area contributed by atoms with Gasteiger partial charge in [-0.15, -0.1) is 11.8 Å². The van der Waals surface area contributed by atoms with Gasteiger partial charge in [0.1, 0.15) is 6.04 Å². The fourth-order valence-corrected chi connectivity index (χ4v) is 2.98. The predicted octanol–water partition coefficient (Wildman–Crippen LogP) is 2.34. The van der Waals surface area contributed by atoms with Crippen LogP contribution in [-0.2, 0) is 9.59 Å². The van der Waals surface area contributed by atoms with E-state index in [1.165, 1.54) is 22.7 Å². The van der Waals surface area contributed by atoms with Crippen molar-refractivity contribution in [2.75, 3.05) is 11.6 Å². The summed E-state index contributed by atoms with van der Waals surface area (Å²) in [6, 6.07) is 6.32. The maximum atomic E-state index is 11.9. The lowest BCUT2D eigenvalue weighted by molar-refractivity contribution is -0.146. The molecule has 0 radical (unpaired) electrons. The molecule has 4 nitrogen and oxygen atoms in total. The Hall–Kier alpha value is -1.46. The van der Waals surface area contributed by atoms with Crippen LogP contribution in [0.2, 0.25) is 5.02 Å². The number of rotatable bonds is 3. The highest BCUT2D eigenvalue weighted by Gasteiger charge is 2.33. The van der Waals surface area contributed by atoms with Crippen LogP contribution >= 0.6 is 23.4 Å². The number of carboxylic acids is 1. The van der Waals surface area contributed by atoms with Crippen molar-refractivity contribution < 1.29 is 14.7 Å². The number of amides is 1. The van der Waals surface area contributed by atoms with Gasteiger partial charge in [-0.25, -0.2) is 4.79 Å². The minimum Gasteiger partial charge on any atom is -0.480 e. The first-order valence-electron chi connectivity index (χ1n) is 5.63. The lowest BCUT2D eigenvalue weighted by atomic mass is 10.2. The highest BCUT2D eigenvalue weighted by atomic mass is 35.5. The minimum atomic E-state index is -0.960. The molecule has 0 aliphatic carbocycles. The van der Waals surface area contributed by atoms with E-state index in [9.17, 15) is 9.59 Å². The second-order valence-corrected chi connectivity index (χ2v) is 5.48. The number of hydrogen-bond donors (Lipinski definition) is 1. The van der Waals surface area contributed by atoms with Crippen molar-refractivity contribution in [3.05, 3.63) is 40.9 Å². The van der Waals surface area contributed by atoms with Crippen molar-refractivity contribution in [3.63, 3.8) is 0 Å². The molecule has 100 valence electrons. The standard InChI is InChI=1S/C13H12ClNO3S/c14-10-4-1-9(2-5-10)3-6-12(16)15-8-19-7-11(15)13(17)18/h1-6,11H,7-8H2,(H,17,18)/b6-3+. The predicted molar refractivity (Wildman–Crippen MR) is 76.1 cm³/mol. The van der Waals surface area contributed by atoms with Crippen LogP contribution in [0, 0.1) is 0 Å². The van der Waals surface area contributed by atoms with Gasteiger partial charge in [0, 0.05) is 16.9 Å². The molecule has 6 heteroatoms. The van der Waals surface area contributed by atoms with Crippen LogP contribution in [0.3, 0.4) is 0 Å². The molecule has 1 saturated heterocycles. The summed E-state index contributed by atoms with van der Waals surface area (Å²) in [6.07, 6.45) is 3.05.